The van der Waals surface area contributed by atoms with Gasteiger partial charge in [0.1, 0.15) is 0 Å². The van der Waals surface area contributed by atoms with Crippen molar-refractivity contribution in [3.63, 3.8) is 0 Å². The highest BCUT2D eigenvalue weighted by Gasteiger charge is 2.36. The summed E-state index contributed by atoms with van der Waals surface area (Å²) in [7, 11) is 0. The molecule has 0 aromatic heterocycles. The van der Waals surface area contributed by atoms with Crippen LogP contribution in [-0.2, 0) is 4.79 Å². The number of alkyl halides is 1. The third-order valence-corrected chi connectivity index (χ3v) is 1.27. The Kier molecular flexibility index (Phi) is 1.19. The van der Waals surface area contributed by atoms with Crippen LogP contribution in [0.3, 0.4) is 0 Å². The lowest BCUT2D eigenvalue weighted by Crippen LogP contribution is -2.15. The SMILES string of the molecule is O=C(O)C(F)C1CC1. The molecule has 1 unspecified atom stereocenters. The normalized spacial score (nSPS) is 22.6. The van der Waals surface area contributed by atoms with E-state index in [2.05, 4.69) is 0 Å². The Balaban J connectivity index is 2.32. The van der Waals surface area contributed by atoms with Crippen LogP contribution in [0.25, 0.3) is 0 Å². The van der Waals surface area contributed by atoms with Gasteiger partial charge in [-0.15, -0.1) is 0 Å². The van der Waals surface area contributed by atoms with Gasteiger partial charge in [0.05, 0.1) is 0 Å². The van der Waals surface area contributed by atoms with E-state index in [1.54, 1.807) is 0 Å². The first-order valence-corrected chi connectivity index (χ1v) is 2.58. The number of aliphatic carboxylic acids is 1. The Bertz CT molecular complexity index is 109. The molecule has 1 N–H and O–H groups in total. The zero-order chi connectivity index (χ0) is 6.15. The number of hydrogen-bond acceptors (Lipinski definition) is 1. The Morgan fingerprint density at radius 3 is 2.38 bits per heavy atom. The van der Waals surface area contributed by atoms with E-state index >= 15 is 0 Å². The molecule has 0 heterocycles. The fraction of sp³-hybridized carbons (Fsp3) is 0.800. The predicted octanol–water partition coefficient (Wildman–Crippen LogP) is 0.819. The summed E-state index contributed by atoms with van der Waals surface area (Å²) in [5.41, 5.74) is 0. The van der Waals surface area contributed by atoms with Crippen molar-refractivity contribution < 1.29 is 14.3 Å². The summed E-state index contributed by atoms with van der Waals surface area (Å²) < 4.78 is 12.1. The van der Waals surface area contributed by atoms with E-state index in [4.69, 9.17) is 5.11 Å². The van der Waals surface area contributed by atoms with Crippen LogP contribution >= 0.6 is 0 Å². The summed E-state index contributed by atoms with van der Waals surface area (Å²) in [4.78, 5) is 9.81. The molecule has 1 fully saturated rings. The number of halogens is 1. The first kappa shape index (κ1) is 5.54. The van der Waals surface area contributed by atoms with Gasteiger partial charge in [-0.2, -0.15) is 0 Å². The van der Waals surface area contributed by atoms with E-state index in [0.717, 1.165) is 12.8 Å². The van der Waals surface area contributed by atoms with Gasteiger partial charge in [-0.05, 0) is 12.8 Å². The third-order valence-electron chi connectivity index (χ3n) is 1.27. The number of carboxylic acids is 1. The highest BCUT2D eigenvalue weighted by atomic mass is 19.1. The van der Waals surface area contributed by atoms with Crippen LogP contribution in [0.5, 0.6) is 0 Å². The standard InChI is InChI=1S/C5H7FO2/c6-4(5(7)8)3-1-2-3/h3-4H,1-2H2,(H,7,8). The van der Waals surface area contributed by atoms with E-state index in [1.165, 1.54) is 0 Å². The molecule has 0 amide bonds. The molecule has 0 spiro atoms. The minimum absolute atomic E-state index is 0.174. The quantitative estimate of drug-likeness (QED) is 0.582. The minimum Gasteiger partial charge on any atom is -0.479 e. The van der Waals surface area contributed by atoms with Crippen LogP contribution in [0.1, 0.15) is 12.8 Å². The molecule has 0 saturated heterocycles. The van der Waals surface area contributed by atoms with Gasteiger partial charge in [0, 0.05) is 5.92 Å². The molecule has 1 rings (SSSR count). The molecule has 46 valence electrons. The van der Waals surface area contributed by atoms with Crippen molar-refractivity contribution in [3.8, 4) is 0 Å². The predicted molar refractivity (Wildman–Crippen MR) is 25.3 cm³/mol. The second-order valence-electron chi connectivity index (χ2n) is 2.08. The summed E-state index contributed by atoms with van der Waals surface area (Å²) in [5, 5.41) is 8.02. The molecule has 0 aromatic rings. The van der Waals surface area contributed by atoms with Gasteiger partial charge in [0.25, 0.3) is 0 Å². The van der Waals surface area contributed by atoms with Crippen molar-refractivity contribution in [1.82, 2.24) is 0 Å². The van der Waals surface area contributed by atoms with Crippen LogP contribution in [-0.4, -0.2) is 17.2 Å². The molecule has 1 saturated carbocycles. The first-order valence-electron chi connectivity index (χ1n) is 2.58. The zero-order valence-electron chi connectivity index (χ0n) is 4.30. The lowest BCUT2D eigenvalue weighted by Gasteiger charge is -1.94. The molecule has 0 aromatic carbocycles. The van der Waals surface area contributed by atoms with Crippen molar-refractivity contribution in [2.45, 2.75) is 19.0 Å². The highest BCUT2D eigenvalue weighted by molar-refractivity contribution is 5.72. The Hall–Kier alpha value is -0.600. The third kappa shape index (κ3) is 0.967. The number of carbonyl (C=O) groups is 1. The fourth-order valence-electron chi connectivity index (χ4n) is 0.591. The second kappa shape index (κ2) is 1.73. The van der Waals surface area contributed by atoms with Crippen molar-refractivity contribution in [3.05, 3.63) is 0 Å². The van der Waals surface area contributed by atoms with Crippen LogP contribution in [0, 0.1) is 5.92 Å². The van der Waals surface area contributed by atoms with Crippen LogP contribution < -0.4 is 0 Å². The molecular formula is C5H7FO2. The van der Waals surface area contributed by atoms with E-state index < -0.39 is 12.1 Å². The zero-order valence-corrected chi connectivity index (χ0v) is 4.30. The maximum absolute atomic E-state index is 12.1. The van der Waals surface area contributed by atoms with Gasteiger partial charge in [-0.25, -0.2) is 9.18 Å². The van der Waals surface area contributed by atoms with E-state index in [-0.39, 0.29) is 5.92 Å². The summed E-state index contributed by atoms with van der Waals surface area (Å²) in [6.45, 7) is 0. The average Bonchev–Trinajstić information content (AvgIpc) is 2.43. The van der Waals surface area contributed by atoms with E-state index in [1.807, 2.05) is 0 Å². The van der Waals surface area contributed by atoms with Gasteiger partial charge < -0.3 is 5.11 Å². The number of hydrogen-bond donors (Lipinski definition) is 1. The Labute approximate surface area is 46.3 Å². The van der Waals surface area contributed by atoms with Crippen molar-refractivity contribution >= 4 is 5.97 Å². The summed E-state index contributed by atoms with van der Waals surface area (Å²) in [5.74, 6) is -1.49. The van der Waals surface area contributed by atoms with Crippen molar-refractivity contribution in [1.29, 1.82) is 0 Å². The lowest BCUT2D eigenvalue weighted by atomic mass is 10.3. The molecule has 0 bridgehead atoms. The first-order chi connectivity index (χ1) is 3.72. The molecule has 1 aliphatic carbocycles. The van der Waals surface area contributed by atoms with Gasteiger partial charge in [-0.3, -0.25) is 0 Å². The average molecular weight is 118 g/mol. The Morgan fingerprint density at radius 2 is 2.25 bits per heavy atom. The van der Waals surface area contributed by atoms with Gasteiger partial charge >= 0.3 is 5.97 Å². The maximum Gasteiger partial charge on any atom is 0.338 e. The van der Waals surface area contributed by atoms with Crippen molar-refractivity contribution in [2.24, 2.45) is 5.92 Å². The maximum atomic E-state index is 12.1. The van der Waals surface area contributed by atoms with E-state index in [9.17, 15) is 9.18 Å². The highest BCUT2D eigenvalue weighted by Crippen LogP contribution is 2.34. The van der Waals surface area contributed by atoms with Crippen LogP contribution in [0.2, 0.25) is 0 Å². The second-order valence-corrected chi connectivity index (χ2v) is 2.08. The lowest BCUT2D eigenvalue weighted by molar-refractivity contribution is -0.143. The van der Waals surface area contributed by atoms with Crippen LogP contribution in [0.4, 0.5) is 4.39 Å². The van der Waals surface area contributed by atoms with Gasteiger partial charge in [0.2, 0.25) is 0 Å². The summed E-state index contributed by atoms with van der Waals surface area (Å²) in [6, 6.07) is 0. The van der Waals surface area contributed by atoms with Crippen molar-refractivity contribution in [2.75, 3.05) is 0 Å². The molecule has 2 nitrogen and oxygen atoms in total. The van der Waals surface area contributed by atoms with Gasteiger partial charge in [-0.1, -0.05) is 0 Å². The van der Waals surface area contributed by atoms with Crippen LogP contribution in [0.15, 0.2) is 0 Å². The Morgan fingerprint density at radius 1 is 1.75 bits per heavy atom. The molecule has 0 radical (unpaired) electrons. The summed E-state index contributed by atoms with van der Waals surface area (Å²) in [6.07, 6.45) is -0.115. The molecule has 1 atom stereocenters. The molecule has 8 heavy (non-hydrogen) atoms. The minimum atomic E-state index is -1.60. The molecule has 3 heteroatoms. The topological polar surface area (TPSA) is 37.3 Å². The molecule has 0 aliphatic heterocycles. The smallest absolute Gasteiger partial charge is 0.338 e. The molecule has 1 aliphatic rings. The largest absolute Gasteiger partial charge is 0.479 e. The fourth-order valence-corrected chi connectivity index (χ4v) is 0.591. The number of carboxylic acid groups (broad SMARTS) is 1. The van der Waals surface area contributed by atoms with Gasteiger partial charge in [0.15, 0.2) is 6.17 Å². The number of rotatable bonds is 2. The molecular weight excluding hydrogens is 111 g/mol. The summed E-state index contributed by atoms with van der Waals surface area (Å²) >= 11 is 0. The van der Waals surface area contributed by atoms with E-state index in [0.29, 0.717) is 0 Å². The monoisotopic (exact) mass is 118 g/mol.